The number of nitrogens with zero attached hydrogens (tertiary/aromatic N) is 4. The number of hydrogen-bond donors (Lipinski definition) is 2. The second-order valence-electron chi connectivity index (χ2n) is 17.4. The molecular weight excluding hydrogens is 857 g/mol. The summed E-state index contributed by atoms with van der Waals surface area (Å²) in [6.07, 6.45) is 6.15. The van der Waals surface area contributed by atoms with Gasteiger partial charge in [0, 0.05) is 22.6 Å². The van der Waals surface area contributed by atoms with Crippen LogP contribution in [0.2, 0.25) is 0 Å². The maximum atomic E-state index is 14.3. The Morgan fingerprint density at radius 1 is 0.877 bits per heavy atom. The molecule has 1 saturated carbocycles. The summed E-state index contributed by atoms with van der Waals surface area (Å²) in [4.78, 5) is 54.4. The van der Waals surface area contributed by atoms with Gasteiger partial charge in [-0.3, -0.25) is 14.5 Å². The maximum absolute atomic E-state index is 14.3. The summed E-state index contributed by atoms with van der Waals surface area (Å²) in [6, 6.07) is 37.3. The van der Waals surface area contributed by atoms with Gasteiger partial charge in [0.25, 0.3) is 11.8 Å². The third-order valence-corrected chi connectivity index (χ3v) is 15.2. The Labute approximate surface area is 389 Å². The van der Waals surface area contributed by atoms with Crippen molar-refractivity contribution in [3.8, 4) is 5.75 Å². The second-order valence-corrected chi connectivity index (χ2v) is 19.4. The highest BCUT2D eigenvalue weighted by atomic mass is 32.2. The number of carbonyl (C=O) groups excluding carboxylic acids is 3. The number of anilines is 1. The molecule has 3 heterocycles. The number of aromatic nitrogens is 1. The molecular formula is C51H57N6O6S2+. The SMILES string of the molecule is CO/N=C(\C(=O)N[C@@H]1C(=O)N2C(C(=O)OCc3ccc(OC)cc3)=C(C[N+](C)(C)C(C)C3CCCCC3)CSC12)c1csc(NC(c2ccccc2)(c2ccccc2)c2ccccc2)n1. The lowest BCUT2D eigenvalue weighted by Crippen LogP contribution is -2.71. The van der Waals surface area contributed by atoms with Crippen molar-refractivity contribution in [1.29, 1.82) is 0 Å². The fourth-order valence-electron chi connectivity index (χ4n) is 9.44. The topological polar surface area (TPSA) is 131 Å². The Balaban J connectivity index is 1.04. The average Bonchev–Trinajstić information content (AvgIpc) is 3.81. The van der Waals surface area contributed by atoms with Crippen molar-refractivity contribution < 1.29 is 33.2 Å². The number of nitrogens with one attached hydrogen (secondary N) is 2. The number of quaternary nitrogens is 1. The van der Waals surface area contributed by atoms with Crippen LogP contribution in [0.3, 0.4) is 0 Å². The molecule has 12 nitrogen and oxygen atoms in total. The number of benzene rings is 4. The largest absolute Gasteiger partial charge is 0.497 e. The summed E-state index contributed by atoms with van der Waals surface area (Å²) in [7, 11) is 7.39. The van der Waals surface area contributed by atoms with Crippen LogP contribution in [-0.4, -0.2) is 95.9 Å². The Morgan fingerprint density at radius 2 is 1.48 bits per heavy atom. The molecule has 0 spiro atoms. The number of thioether (sulfide) groups is 1. The smallest absolute Gasteiger partial charge is 0.355 e. The molecule has 2 fully saturated rings. The number of fused-ring (bicyclic) bond motifs is 1. The molecule has 338 valence electrons. The number of carbonyl (C=O) groups is 3. The van der Waals surface area contributed by atoms with E-state index in [0.29, 0.717) is 39.6 Å². The number of rotatable bonds is 17. The van der Waals surface area contributed by atoms with E-state index in [4.69, 9.17) is 19.3 Å². The Kier molecular flexibility index (Phi) is 14.1. The van der Waals surface area contributed by atoms with Crippen LogP contribution in [0.4, 0.5) is 5.13 Å². The van der Waals surface area contributed by atoms with Gasteiger partial charge >= 0.3 is 5.97 Å². The Morgan fingerprint density at radius 3 is 2.05 bits per heavy atom. The van der Waals surface area contributed by atoms with Crippen LogP contribution >= 0.6 is 23.1 Å². The highest BCUT2D eigenvalue weighted by molar-refractivity contribution is 8.00. The summed E-state index contributed by atoms with van der Waals surface area (Å²) in [5.41, 5.74) is 4.26. The number of methoxy groups -OCH3 is 1. The lowest BCUT2D eigenvalue weighted by Gasteiger charge is -2.50. The zero-order valence-corrected chi connectivity index (χ0v) is 39.2. The molecule has 3 atom stereocenters. The van der Waals surface area contributed by atoms with E-state index in [2.05, 4.69) is 73.2 Å². The Bertz CT molecular complexity index is 2410. The molecule has 2 N–H and O–H groups in total. The third kappa shape index (κ3) is 9.57. The zero-order valence-electron chi connectivity index (χ0n) is 37.6. The number of amides is 2. The van der Waals surface area contributed by atoms with E-state index in [1.807, 2.05) is 78.9 Å². The first-order valence-electron chi connectivity index (χ1n) is 22.2. The van der Waals surface area contributed by atoms with Crippen LogP contribution in [0.5, 0.6) is 5.75 Å². The number of β-lactam (4-membered cyclic amide) rings is 1. The van der Waals surface area contributed by atoms with Crippen LogP contribution in [0, 0.1) is 5.92 Å². The van der Waals surface area contributed by atoms with Crippen molar-refractivity contribution in [2.75, 3.05) is 45.9 Å². The van der Waals surface area contributed by atoms with Gasteiger partial charge in [-0.05, 0) is 54.2 Å². The van der Waals surface area contributed by atoms with Crippen LogP contribution < -0.4 is 15.4 Å². The standard InChI is InChI=1S/C51H56N6O6S2/c1-34(36-18-10-6-11-19-36)57(2,3)30-37-32-64-48-44(47(59)56(48)45(37)49(60)63-31-35-26-28-41(61-4)29-27-35)53-46(58)43(55-62-5)42-33-65-50(52-42)54-51(38-20-12-7-13-21-38,39-22-14-8-15-23-39)40-24-16-9-17-25-40/h7-9,12-17,20-29,33-34,36,44,48H,6,10-11,18-19,30-32H2,1-5H3,(H-,52,53,54,58)/p+1/b55-43-/t34?,44-,48?/m1/s1. The third-order valence-electron chi connectivity index (χ3n) is 13.1. The number of hydrogen-bond acceptors (Lipinski definition) is 11. The van der Waals surface area contributed by atoms with E-state index in [-0.39, 0.29) is 23.7 Å². The number of oxime groups is 1. The van der Waals surface area contributed by atoms with Gasteiger partial charge in [0.2, 0.25) is 0 Å². The number of thiazole rings is 1. The molecule has 1 aromatic heterocycles. The van der Waals surface area contributed by atoms with Crippen LogP contribution in [0.25, 0.3) is 0 Å². The predicted molar refractivity (Wildman–Crippen MR) is 256 cm³/mol. The van der Waals surface area contributed by atoms with Crippen molar-refractivity contribution in [1.82, 2.24) is 15.2 Å². The summed E-state index contributed by atoms with van der Waals surface area (Å²) < 4.78 is 11.9. The minimum Gasteiger partial charge on any atom is -0.497 e. The highest BCUT2D eigenvalue weighted by Gasteiger charge is 2.55. The minimum atomic E-state index is -0.928. The number of ether oxygens (including phenoxy) is 2. The first-order valence-corrected chi connectivity index (χ1v) is 24.1. The second kappa shape index (κ2) is 20.1. The van der Waals surface area contributed by atoms with Crippen molar-refractivity contribution in [3.63, 3.8) is 0 Å². The van der Waals surface area contributed by atoms with Gasteiger partial charge in [-0.25, -0.2) is 9.78 Å². The fourth-order valence-corrected chi connectivity index (χ4v) is 11.5. The van der Waals surface area contributed by atoms with Crippen molar-refractivity contribution in [2.45, 2.75) is 68.6 Å². The molecule has 1 aliphatic carbocycles. The van der Waals surface area contributed by atoms with Crippen molar-refractivity contribution >= 4 is 51.7 Å². The molecule has 3 aliphatic rings. The van der Waals surface area contributed by atoms with Gasteiger partial charge in [-0.15, -0.1) is 23.1 Å². The monoisotopic (exact) mass is 913 g/mol. The summed E-state index contributed by atoms with van der Waals surface area (Å²) in [6.45, 7) is 2.92. The lowest BCUT2D eigenvalue weighted by molar-refractivity contribution is -0.912. The summed E-state index contributed by atoms with van der Waals surface area (Å²) in [5, 5.41) is 12.6. The molecule has 0 bridgehead atoms. The lowest BCUT2D eigenvalue weighted by atomic mass is 9.77. The predicted octanol–water partition coefficient (Wildman–Crippen LogP) is 8.35. The van der Waals surface area contributed by atoms with Crippen molar-refractivity contribution in [3.05, 3.63) is 160 Å². The van der Waals surface area contributed by atoms with Gasteiger partial charge in [-0.2, -0.15) is 0 Å². The molecule has 1 saturated heterocycles. The number of esters is 1. The molecule has 5 aromatic rings. The van der Waals surface area contributed by atoms with Crippen LogP contribution in [-0.2, 0) is 36.1 Å². The van der Waals surface area contributed by atoms with Gasteiger partial charge in [0.1, 0.15) is 54.4 Å². The molecule has 2 amide bonds. The van der Waals surface area contributed by atoms with E-state index in [9.17, 15) is 14.4 Å². The van der Waals surface area contributed by atoms with Gasteiger partial charge < -0.3 is 29.4 Å². The molecule has 4 aromatic carbocycles. The molecule has 0 radical (unpaired) electrons. The summed E-state index contributed by atoms with van der Waals surface area (Å²) >= 11 is 2.86. The number of likely N-dealkylation sites (N-methyl/N-ethyl adjacent to an activating group) is 1. The van der Waals surface area contributed by atoms with Crippen LogP contribution in [0.1, 0.15) is 67.0 Å². The van der Waals surface area contributed by atoms with E-state index < -0.39 is 34.7 Å². The molecule has 65 heavy (non-hydrogen) atoms. The van der Waals surface area contributed by atoms with Gasteiger partial charge in [0.15, 0.2) is 10.8 Å². The quantitative estimate of drug-likeness (QED) is 0.0236. The highest BCUT2D eigenvalue weighted by Crippen LogP contribution is 2.43. The molecule has 2 unspecified atom stereocenters. The van der Waals surface area contributed by atoms with E-state index in [1.165, 1.54) is 67.2 Å². The van der Waals surface area contributed by atoms with Crippen LogP contribution in [0.15, 0.2) is 137 Å². The van der Waals surface area contributed by atoms with Gasteiger partial charge in [-0.1, -0.05) is 128 Å². The minimum absolute atomic E-state index is 0.0286. The normalized spacial score (nSPS) is 18.6. The first kappa shape index (κ1) is 45.6. The first-order chi connectivity index (χ1) is 31.5. The van der Waals surface area contributed by atoms with Gasteiger partial charge in [0.05, 0.1) is 27.2 Å². The fraction of sp³-hybridized carbons (Fsp3) is 0.353. The van der Waals surface area contributed by atoms with Crippen molar-refractivity contribution in [2.24, 2.45) is 11.1 Å². The van der Waals surface area contributed by atoms with E-state index in [0.717, 1.165) is 27.8 Å². The maximum Gasteiger partial charge on any atom is 0.355 e. The molecule has 2 aliphatic heterocycles. The summed E-state index contributed by atoms with van der Waals surface area (Å²) in [5.74, 6) is 0.201. The average molecular weight is 914 g/mol. The molecule has 8 rings (SSSR count). The zero-order chi connectivity index (χ0) is 45.6. The Hall–Kier alpha value is -5.96. The van der Waals surface area contributed by atoms with E-state index >= 15 is 0 Å². The van der Waals surface area contributed by atoms with E-state index in [1.54, 1.807) is 12.5 Å². The molecule has 14 heteroatoms.